The molecular formula is C11H22N2O. The van der Waals surface area contributed by atoms with E-state index in [2.05, 4.69) is 17.1 Å². The molecule has 0 unspecified atom stereocenters. The van der Waals surface area contributed by atoms with Crippen LogP contribution in [-0.4, -0.2) is 43.4 Å². The molecule has 0 aromatic carbocycles. The Bertz CT molecular complexity index is 155. The highest BCUT2D eigenvalue weighted by Crippen LogP contribution is 2.12. The molecule has 1 aliphatic heterocycles. The smallest absolute Gasteiger partial charge is 0.121 e. The van der Waals surface area contributed by atoms with Crippen LogP contribution in [0.25, 0.3) is 0 Å². The number of hydrogen-bond donors (Lipinski definition) is 1. The maximum Gasteiger partial charge on any atom is 0.121 e. The van der Waals surface area contributed by atoms with E-state index in [4.69, 9.17) is 0 Å². The van der Waals surface area contributed by atoms with Gasteiger partial charge in [0.25, 0.3) is 0 Å². The molecule has 0 radical (unpaired) electrons. The van der Waals surface area contributed by atoms with Crippen molar-refractivity contribution in [2.75, 3.05) is 26.2 Å². The Labute approximate surface area is 86.9 Å². The Morgan fingerprint density at radius 2 is 2.07 bits per heavy atom. The van der Waals surface area contributed by atoms with E-state index in [-0.39, 0.29) is 0 Å². The van der Waals surface area contributed by atoms with Crippen LogP contribution < -0.4 is 5.32 Å². The second kappa shape index (κ2) is 6.96. The molecule has 82 valence electrons. The summed E-state index contributed by atoms with van der Waals surface area (Å²) in [7, 11) is 0. The van der Waals surface area contributed by atoms with Gasteiger partial charge in [-0.15, -0.1) is 0 Å². The van der Waals surface area contributed by atoms with Crippen LogP contribution in [0.1, 0.15) is 32.6 Å². The molecule has 0 saturated carbocycles. The predicted octanol–water partition coefficient (Wildman–Crippen LogP) is 1.04. The second-order valence-electron chi connectivity index (χ2n) is 3.97. The van der Waals surface area contributed by atoms with Crippen molar-refractivity contribution >= 4 is 6.29 Å². The zero-order valence-electron chi connectivity index (χ0n) is 9.17. The summed E-state index contributed by atoms with van der Waals surface area (Å²) in [4.78, 5) is 12.8. The highest BCUT2D eigenvalue weighted by molar-refractivity contribution is 5.49. The molecule has 0 aliphatic carbocycles. The molecule has 14 heavy (non-hydrogen) atoms. The standard InChI is InChI=1S/C11H22N2O/c1-2-8-13(9-3-10-14)11-4-6-12-7-5-11/h10-12H,2-9H2,1H3. The van der Waals surface area contributed by atoms with E-state index in [1.54, 1.807) is 0 Å². The lowest BCUT2D eigenvalue weighted by Crippen LogP contribution is -2.43. The van der Waals surface area contributed by atoms with Crippen molar-refractivity contribution < 1.29 is 4.79 Å². The molecule has 1 fully saturated rings. The van der Waals surface area contributed by atoms with E-state index in [1.165, 1.54) is 19.3 Å². The lowest BCUT2D eigenvalue weighted by Gasteiger charge is -2.34. The minimum Gasteiger partial charge on any atom is -0.317 e. The van der Waals surface area contributed by atoms with Gasteiger partial charge in [0.1, 0.15) is 6.29 Å². The summed E-state index contributed by atoms with van der Waals surface area (Å²) in [6.45, 7) is 6.55. The highest BCUT2D eigenvalue weighted by atomic mass is 16.1. The lowest BCUT2D eigenvalue weighted by molar-refractivity contribution is -0.108. The molecule has 1 heterocycles. The van der Waals surface area contributed by atoms with Gasteiger partial charge in [-0.05, 0) is 38.9 Å². The predicted molar refractivity (Wildman–Crippen MR) is 58.4 cm³/mol. The first kappa shape index (κ1) is 11.7. The number of aldehydes is 1. The third kappa shape index (κ3) is 3.76. The fourth-order valence-electron chi connectivity index (χ4n) is 2.15. The van der Waals surface area contributed by atoms with Gasteiger partial charge in [0.2, 0.25) is 0 Å². The van der Waals surface area contributed by atoms with Crippen LogP contribution in [0.2, 0.25) is 0 Å². The van der Waals surface area contributed by atoms with Crippen molar-refractivity contribution in [2.24, 2.45) is 0 Å². The quantitative estimate of drug-likeness (QED) is 0.647. The molecule has 1 N–H and O–H groups in total. The van der Waals surface area contributed by atoms with E-state index in [1.807, 2.05) is 0 Å². The Morgan fingerprint density at radius 3 is 2.64 bits per heavy atom. The molecule has 0 aromatic rings. The third-order valence-electron chi connectivity index (χ3n) is 2.87. The Kier molecular flexibility index (Phi) is 5.80. The first-order valence-corrected chi connectivity index (χ1v) is 5.77. The second-order valence-corrected chi connectivity index (χ2v) is 3.97. The number of piperidine rings is 1. The van der Waals surface area contributed by atoms with Crippen molar-refractivity contribution in [3.63, 3.8) is 0 Å². The molecule has 0 aromatic heterocycles. The highest BCUT2D eigenvalue weighted by Gasteiger charge is 2.19. The molecule has 3 heteroatoms. The van der Waals surface area contributed by atoms with Crippen molar-refractivity contribution in [2.45, 2.75) is 38.6 Å². The maximum atomic E-state index is 10.4. The lowest BCUT2D eigenvalue weighted by atomic mass is 10.0. The number of carbonyl (C=O) groups excluding carboxylic acids is 1. The van der Waals surface area contributed by atoms with E-state index in [9.17, 15) is 4.79 Å². The van der Waals surface area contributed by atoms with Crippen LogP contribution in [0.5, 0.6) is 0 Å². The van der Waals surface area contributed by atoms with Crippen LogP contribution in [-0.2, 0) is 4.79 Å². The molecule has 3 nitrogen and oxygen atoms in total. The van der Waals surface area contributed by atoms with Crippen LogP contribution in [0.4, 0.5) is 0 Å². The maximum absolute atomic E-state index is 10.4. The van der Waals surface area contributed by atoms with Crippen molar-refractivity contribution in [1.82, 2.24) is 10.2 Å². The van der Waals surface area contributed by atoms with E-state index in [0.717, 1.165) is 32.5 Å². The largest absolute Gasteiger partial charge is 0.317 e. The van der Waals surface area contributed by atoms with Gasteiger partial charge in [0.15, 0.2) is 0 Å². The average molecular weight is 198 g/mol. The van der Waals surface area contributed by atoms with Crippen molar-refractivity contribution in [3.05, 3.63) is 0 Å². The van der Waals surface area contributed by atoms with Crippen LogP contribution in [0.3, 0.4) is 0 Å². The summed E-state index contributed by atoms with van der Waals surface area (Å²) in [5, 5.41) is 3.37. The van der Waals surface area contributed by atoms with Crippen LogP contribution >= 0.6 is 0 Å². The summed E-state index contributed by atoms with van der Waals surface area (Å²) in [5.41, 5.74) is 0. The van der Waals surface area contributed by atoms with Crippen molar-refractivity contribution in [1.29, 1.82) is 0 Å². The number of nitrogens with one attached hydrogen (secondary N) is 1. The summed E-state index contributed by atoms with van der Waals surface area (Å²) >= 11 is 0. The minimum absolute atomic E-state index is 0.684. The van der Waals surface area contributed by atoms with Crippen LogP contribution in [0, 0.1) is 0 Å². The van der Waals surface area contributed by atoms with E-state index < -0.39 is 0 Å². The fourth-order valence-corrected chi connectivity index (χ4v) is 2.15. The van der Waals surface area contributed by atoms with Crippen LogP contribution in [0.15, 0.2) is 0 Å². The SMILES string of the molecule is CCCN(CCC=O)C1CCNCC1. The van der Waals surface area contributed by atoms with Gasteiger partial charge in [0.05, 0.1) is 0 Å². The molecule has 0 atom stereocenters. The molecule has 1 rings (SSSR count). The van der Waals surface area contributed by atoms with Crippen molar-refractivity contribution in [3.8, 4) is 0 Å². The number of carbonyl (C=O) groups is 1. The number of nitrogens with zero attached hydrogens (tertiary/aromatic N) is 1. The summed E-state index contributed by atoms with van der Waals surface area (Å²) in [5.74, 6) is 0. The molecule has 1 saturated heterocycles. The molecule has 0 spiro atoms. The van der Waals surface area contributed by atoms with Gasteiger partial charge in [-0.25, -0.2) is 0 Å². The van der Waals surface area contributed by atoms with Gasteiger partial charge < -0.3 is 10.1 Å². The number of hydrogen-bond acceptors (Lipinski definition) is 3. The summed E-state index contributed by atoms with van der Waals surface area (Å²) in [6, 6.07) is 0.705. The van der Waals surface area contributed by atoms with Gasteiger partial charge in [-0.1, -0.05) is 6.92 Å². The Morgan fingerprint density at radius 1 is 1.36 bits per heavy atom. The summed E-state index contributed by atoms with van der Waals surface area (Å²) in [6.07, 6.45) is 5.37. The van der Waals surface area contributed by atoms with E-state index >= 15 is 0 Å². The van der Waals surface area contributed by atoms with Gasteiger partial charge in [-0.3, -0.25) is 4.90 Å². The fraction of sp³-hybridized carbons (Fsp3) is 0.909. The van der Waals surface area contributed by atoms with Gasteiger partial charge >= 0.3 is 0 Å². The number of rotatable bonds is 6. The first-order chi connectivity index (χ1) is 6.88. The Balaban J connectivity index is 2.33. The topological polar surface area (TPSA) is 32.3 Å². The minimum atomic E-state index is 0.684. The molecular weight excluding hydrogens is 176 g/mol. The third-order valence-corrected chi connectivity index (χ3v) is 2.87. The average Bonchev–Trinajstić information content (AvgIpc) is 2.25. The van der Waals surface area contributed by atoms with Gasteiger partial charge in [0, 0.05) is 19.0 Å². The molecule has 1 aliphatic rings. The first-order valence-electron chi connectivity index (χ1n) is 5.77. The van der Waals surface area contributed by atoms with Gasteiger partial charge in [-0.2, -0.15) is 0 Å². The zero-order valence-corrected chi connectivity index (χ0v) is 9.17. The molecule has 0 bridgehead atoms. The normalized spacial score (nSPS) is 18.7. The summed E-state index contributed by atoms with van der Waals surface area (Å²) < 4.78 is 0. The zero-order chi connectivity index (χ0) is 10.2. The molecule has 0 amide bonds. The van der Waals surface area contributed by atoms with E-state index in [0.29, 0.717) is 12.5 Å². The Hall–Kier alpha value is -0.410. The monoisotopic (exact) mass is 198 g/mol.